The summed E-state index contributed by atoms with van der Waals surface area (Å²) in [6.45, 7) is 7.42. The van der Waals surface area contributed by atoms with Gasteiger partial charge in [0.15, 0.2) is 0 Å². The van der Waals surface area contributed by atoms with Crippen LogP contribution in [0.15, 0.2) is 18.2 Å². The van der Waals surface area contributed by atoms with E-state index in [0.717, 1.165) is 19.3 Å². The summed E-state index contributed by atoms with van der Waals surface area (Å²) in [5, 5.41) is 10.9. The molecule has 2 aromatic rings. The molecule has 0 saturated carbocycles. The van der Waals surface area contributed by atoms with Crippen LogP contribution in [0.4, 0.5) is 10.5 Å². The molecular formula is C19H26N4O5. The van der Waals surface area contributed by atoms with Gasteiger partial charge in [-0.05, 0) is 52.0 Å². The van der Waals surface area contributed by atoms with E-state index >= 15 is 0 Å². The number of nitro benzene ring substituents is 1. The van der Waals surface area contributed by atoms with Crippen molar-refractivity contribution in [2.75, 3.05) is 19.7 Å². The van der Waals surface area contributed by atoms with Gasteiger partial charge in [-0.25, -0.2) is 4.79 Å². The van der Waals surface area contributed by atoms with Crippen LogP contribution in [-0.4, -0.2) is 51.2 Å². The molecule has 9 heteroatoms. The summed E-state index contributed by atoms with van der Waals surface area (Å²) in [6, 6.07) is 4.79. The van der Waals surface area contributed by atoms with Crippen LogP contribution in [0.1, 0.15) is 40.0 Å². The third-order valence-corrected chi connectivity index (χ3v) is 4.59. The van der Waals surface area contributed by atoms with Crippen LogP contribution in [0.2, 0.25) is 0 Å². The molecule has 152 valence electrons. The highest BCUT2D eigenvalue weighted by atomic mass is 16.6. The van der Waals surface area contributed by atoms with Crippen molar-refractivity contribution < 1.29 is 19.2 Å². The van der Waals surface area contributed by atoms with Gasteiger partial charge in [0.1, 0.15) is 5.60 Å². The molecule has 9 nitrogen and oxygen atoms in total. The van der Waals surface area contributed by atoms with E-state index in [1.165, 1.54) is 12.1 Å². The number of H-pyrrole nitrogens is 1. The predicted molar refractivity (Wildman–Crippen MR) is 103 cm³/mol. The van der Waals surface area contributed by atoms with Gasteiger partial charge in [0, 0.05) is 25.2 Å². The van der Waals surface area contributed by atoms with Crippen molar-refractivity contribution in [1.82, 2.24) is 14.9 Å². The number of piperidine rings is 1. The number of nitrogens with zero attached hydrogens (tertiary/aromatic N) is 3. The third kappa shape index (κ3) is 5.11. The Labute approximate surface area is 163 Å². The van der Waals surface area contributed by atoms with Gasteiger partial charge < -0.3 is 19.4 Å². The second-order valence-corrected chi connectivity index (χ2v) is 8.07. The Morgan fingerprint density at radius 2 is 2.21 bits per heavy atom. The van der Waals surface area contributed by atoms with Gasteiger partial charge in [-0.2, -0.15) is 4.98 Å². The van der Waals surface area contributed by atoms with Crippen molar-refractivity contribution in [1.29, 1.82) is 0 Å². The van der Waals surface area contributed by atoms with Gasteiger partial charge >= 0.3 is 6.09 Å². The maximum atomic E-state index is 12.2. The summed E-state index contributed by atoms with van der Waals surface area (Å²) in [5.74, 6) is 0.340. The summed E-state index contributed by atoms with van der Waals surface area (Å²) in [6.07, 6.45) is 2.50. The van der Waals surface area contributed by atoms with Crippen molar-refractivity contribution >= 4 is 22.8 Å². The number of nitro groups is 1. The van der Waals surface area contributed by atoms with Gasteiger partial charge in [-0.3, -0.25) is 10.1 Å². The highest BCUT2D eigenvalue weighted by Gasteiger charge is 2.27. The molecule has 1 aliphatic rings. The van der Waals surface area contributed by atoms with Gasteiger partial charge in [0.25, 0.3) is 11.7 Å². The molecule has 1 aliphatic heterocycles. The zero-order valence-electron chi connectivity index (χ0n) is 16.4. The molecule has 1 saturated heterocycles. The number of ether oxygens (including phenoxy) is 2. The maximum Gasteiger partial charge on any atom is 0.410 e. The lowest BCUT2D eigenvalue weighted by Gasteiger charge is -2.34. The van der Waals surface area contributed by atoms with Crippen LogP contribution < -0.4 is 4.74 Å². The molecule has 2 heterocycles. The van der Waals surface area contributed by atoms with Crippen LogP contribution >= 0.6 is 0 Å². The van der Waals surface area contributed by atoms with Crippen LogP contribution in [0.3, 0.4) is 0 Å². The van der Waals surface area contributed by atoms with E-state index in [1.54, 1.807) is 11.0 Å². The van der Waals surface area contributed by atoms with E-state index in [4.69, 9.17) is 9.47 Å². The number of amides is 1. The van der Waals surface area contributed by atoms with E-state index in [9.17, 15) is 14.9 Å². The van der Waals surface area contributed by atoms with E-state index in [1.807, 2.05) is 20.8 Å². The minimum atomic E-state index is -0.497. The first-order valence-corrected chi connectivity index (χ1v) is 9.46. The number of likely N-dealkylation sites (tertiary alicyclic amines) is 1. The molecule has 0 bridgehead atoms. The smallest absolute Gasteiger partial charge is 0.410 e. The molecule has 1 aromatic heterocycles. The summed E-state index contributed by atoms with van der Waals surface area (Å²) >= 11 is 0. The van der Waals surface area contributed by atoms with Crippen molar-refractivity contribution in [3.63, 3.8) is 0 Å². The topological polar surface area (TPSA) is 111 Å². The third-order valence-electron chi connectivity index (χ3n) is 4.59. The monoisotopic (exact) mass is 390 g/mol. The number of hydrogen-bond donors (Lipinski definition) is 1. The Balaban J connectivity index is 1.51. The summed E-state index contributed by atoms with van der Waals surface area (Å²) in [4.78, 5) is 31.7. The minimum Gasteiger partial charge on any atom is -0.465 e. The number of carbonyl (C=O) groups excluding carboxylic acids is 1. The molecular weight excluding hydrogens is 364 g/mol. The first-order valence-electron chi connectivity index (χ1n) is 9.46. The molecule has 3 rings (SSSR count). The average molecular weight is 390 g/mol. The largest absolute Gasteiger partial charge is 0.465 e. The van der Waals surface area contributed by atoms with E-state index < -0.39 is 10.5 Å². The zero-order valence-corrected chi connectivity index (χ0v) is 16.4. The lowest BCUT2D eigenvalue weighted by molar-refractivity contribution is -0.384. The number of benzene rings is 1. The summed E-state index contributed by atoms with van der Waals surface area (Å²) < 4.78 is 11.2. The molecule has 0 spiro atoms. The normalized spacial score (nSPS) is 17.5. The molecule has 1 amide bonds. The van der Waals surface area contributed by atoms with Gasteiger partial charge in [0.05, 0.1) is 22.6 Å². The predicted octanol–water partition coefficient (Wildman–Crippen LogP) is 3.89. The Morgan fingerprint density at radius 3 is 2.93 bits per heavy atom. The Bertz CT molecular complexity index is 858. The lowest BCUT2D eigenvalue weighted by atomic mass is 9.95. The second-order valence-electron chi connectivity index (χ2n) is 8.07. The van der Waals surface area contributed by atoms with Crippen LogP contribution in [-0.2, 0) is 4.74 Å². The molecule has 28 heavy (non-hydrogen) atoms. The van der Waals surface area contributed by atoms with E-state index in [0.29, 0.717) is 42.7 Å². The van der Waals surface area contributed by atoms with Crippen molar-refractivity contribution in [2.24, 2.45) is 5.92 Å². The van der Waals surface area contributed by atoms with Crippen LogP contribution in [0.5, 0.6) is 6.01 Å². The number of nitrogens with one attached hydrogen (secondary N) is 1. The number of carbonyl (C=O) groups is 1. The number of imidazole rings is 1. The number of non-ortho nitro benzene ring substituents is 1. The molecule has 0 aliphatic carbocycles. The lowest BCUT2D eigenvalue weighted by Crippen LogP contribution is -2.43. The van der Waals surface area contributed by atoms with Crippen molar-refractivity contribution in [3.8, 4) is 6.01 Å². The fourth-order valence-electron chi connectivity index (χ4n) is 3.27. The molecule has 1 aromatic carbocycles. The standard InChI is InChI=1S/C19H26N4O5/c1-19(2,3)28-18(24)22-9-4-5-13(12-22)8-10-27-17-20-15-7-6-14(23(25)26)11-16(15)21-17/h6-7,11,13H,4-5,8-10,12H2,1-3H3,(H,20,21). The first kappa shape index (κ1) is 19.9. The Hall–Kier alpha value is -2.84. The minimum absolute atomic E-state index is 0.00661. The Kier molecular flexibility index (Phi) is 5.71. The summed E-state index contributed by atoms with van der Waals surface area (Å²) in [5.41, 5.74) is 0.697. The quantitative estimate of drug-likeness (QED) is 0.612. The fraction of sp³-hybridized carbons (Fsp3) is 0.579. The zero-order chi connectivity index (χ0) is 20.3. The van der Waals surface area contributed by atoms with Gasteiger partial charge in [-0.15, -0.1) is 0 Å². The number of rotatable bonds is 5. The SMILES string of the molecule is CC(C)(C)OC(=O)N1CCCC(CCOc2nc3ccc([N+](=O)[O-])cc3[nH]2)C1. The Morgan fingerprint density at radius 1 is 1.43 bits per heavy atom. The van der Waals surface area contributed by atoms with E-state index in [2.05, 4.69) is 9.97 Å². The molecule has 0 radical (unpaired) electrons. The van der Waals surface area contributed by atoms with Crippen LogP contribution in [0.25, 0.3) is 11.0 Å². The molecule has 1 unspecified atom stereocenters. The van der Waals surface area contributed by atoms with Crippen molar-refractivity contribution in [2.45, 2.75) is 45.6 Å². The highest BCUT2D eigenvalue weighted by molar-refractivity contribution is 5.78. The van der Waals surface area contributed by atoms with Gasteiger partial charge in [0.2, 0.25) is 0 Å². The summed E-state index contributed by atoms with van der Waals surface area (Å²) in [7, 11) is 0. The van der Waals surface area contributed by atoms with Crippen LogP contribution in [0, 0.1) is 16.0 Å². The number of fused-ring (bicyclic) bond motifs is 1. The van der Waals surface area contributed by atoms with Gasteiger partial charge in [-0.1, -0.05) is 0 Å². The first-order chi connectivity index (χ1) is 13.2. The molecule has 1 N–H and O–H groups in total. The maximum absolute atomic E-state index is 12.2. The molecule has 1 atom stereocenters. The fourth-order valence-corrected chi connectivity index (χ4v) is 3.27. The molecule has 1 fully saturated rings. The van der Waals surface area contributed by atoms with E-state index in [-0.39, 0.29) is 11.8 Å². The highest BCUT2D eigenvalue weighted by Crippen LogP contribution is 2.24. The number of hydrogen-bond acceptors (Lipinski definition) is 6. The number of aromatic nitrogens is 2. The second kappa shape index (κ2) is 8.04. The number of aromatic amines is 1. The van der Waals surface area contributed by atoms with Crippen molar-refractivity contribution in [3.05, 3.63) is 28.3 Å². The average Bonchev–Trinajstić information content (AvgIpc) is 3.02.